The quantitative estimate of drug-likeness (QED) is 0.893. The van der Waals surface area contributed by atoms with Crippen molar-refractivity contribution in [1.29, 1.82) is 0 Å². The van der Waals surface area contributed by atoms with Crippen LogP contribution < -0.4 is 10.1 Å². The number of hydrogen-bond acceptors (Lipinski definition) is 2. The molecule has 3 heteroatoms. The SMILES string of the molecule is CNC(c1cc(Br)ccc1OC)C(C)C1CC1. The van der Waals surface area contributed by atoms with Crippen LogP contribution in [-0.2, 0) is 0 Å². The lowest BCUT2D eigenvalue weighted by Gasteiger charge is -2.25. The molecule has 1 fully saturated rings. The highest BCUT2D eigenvalue weighted by Gasteiger charge is 2.34. The minimum atomic E-state index is 0.370. The average Bonchev–Trinajstić information content (AvgIpc) is 3.14. The lowest BCUT2D eigenvalue weighted by molar-refractivity contribution is 0.346. The molecule has 0 aromatic heterocycles. The molecule has 1 aromatic carbocycles. The molecule has 0 aliphatic heterocycles. The minimum Gasteiger partial charge on any atom is -0.496 e. The summed E-state index contributed by atoms with van der Waals surface area (Å²) in [5, 5.41) is 3.44. The van der Waals surface area contributed by atoms with Gasteiger partial charge in [-0.25, -0.2) is 0 Å². The Bertz CT molecular complexity index is 390. The maximum atomic E-state index is 5.47. The molecule has 0 radical (unpaired) electrons. The normalized spacial score (nSPS) is 18.8. The van der Waals surface area contributed by atoms with E-state index in [1.165, 1.54) is 18.4 Å². The third kappa shape index (κ3) is 2.83. The fourth-order valence-electron chi connectivity index (χ4n) is 2.54. The predicted molar refractivity (Wildman–Crippen MR) is 74.4 cm³/mol. The molecule has 17 heavy (non-hydrogen) atoms. The van der Waals surface area contributed by atoms with Crippen LogP contribution in [0.15, 0.2) is 22.7 Å². The number of nitrogens with one attached hydrogen (secondary N) is 1. The van der Waals surface area contributed by atoms with Gasteiger partial charge in [0, 0.05) is 16.1 Å². The van der Waals surface area contributed by atoms with Gasteiger partial charge in [-0.3, -0.25) is 0 Å². The molecule has 0 spiro atoms. The zero-order valence-corrected chi connectivity index (χ0v) is 12.3. The Morgan fingerprint density at radius 2 is 2.12 bits per heavy atom. The summed E-state index contributed by atoms with van der Waals surface area (Å²) in [5.41, 5.74) is 1.25. The van der Waals surface area contributed by atoms with Crippen LogP contribution in [0.5, 0.6) is 5.75 Å². The standard InChI is InChI=1S/C14H20BrNO/c1-9(10-4-5-10)14(16-2)12-8-11(15)6-7-13(12)17-3/h6-10,14,16H,4-5H2,1-3H3. The zero-order valence-electron chi connectivity index (χ0n) is 10.7. The van der Waals surface area contributed by atoms with Crippen LogP contribution in [0, 0.1) is 11.8 Å². The van der Waals surface area contributed by atoms with Crippen LogP contribution >= 0.6 is 15.9 Å². The maximum Gasteiger partial charge on any atom is 0.123 e. The van der Waals surface area contributed by atoms with Gasteiger partial charge < -0.3 is 10.1 Å². The fraction of sp³-hybridized carbons (Fsp3) is 0.571. The number of methoxy groups -OCH3 is 1. The third-order valence-electron chi connectivity index (χ3n) is 3.73. The van der Waals surface area contributed by atoms with Gasteiger partial charge >= 0.3 is 0 Å². The second-order valence-corrected chi connectivity index (χ2v) is 5.76. The number of halogens is 1. The molecule has 1 aliphatic carbocycles. The van der Waals surface area contributed by atoms with E-state index in [1.54, 1.807) is 7.11 Å². The molecular formula is C14H20BrNO. The molecule has 1 aromatic rings. The molecule has 0 heterocycles. The first kappa shape index (κ1) is 12.9. The number of ether oxygens (including phenoxy) is 1. The van der Waals surface area contributed by atoms with Gasteiger partial charge in [0.15, 0.2) is 0 Å². The second-order valence-electron chi connectivity index (χ2n) is 4.85. The highest BCUT2D eigenvalue weighted by atomic mass is 79.9. The van der Waals surface area contributed by atoms with E-state index < -0.39 is 0 Å². The molecule has 1 saturated carbocycles. The van der Waals surface area contributed by atoms with Crippen molar-refractivity contribution >= 4 is 15.9 Å². The van der Waals surface area contributed by atoms with Gasteiger partial charge in [0.1, 0.15) is 5.75 Å². The van der Waals surface area contributed by atoms with E-state index in [0.29, 0.717) is 12.0 Å². The fourth-order valence-corrected chi connectivity index (χ4v) is 2.92. The average molecular weight is 298 g/mol. The highest BCUT2D eigenvalue weighted by molar-refractivity contribution is 9.10. The summed E-state index contributed by atoms with van der Waals surface area (Å²) in [4.78, 5) is 0. The van der Waals surface area contributed by atoms with Crippen molar-refractivity contribution in [1.82, 2.24) is 5.32 Å². The van der Waals surface area contributed by atoms with Crippen molar-refractivity contribution in [3.05, 3.63) is 28.2 Å². The van der Waals surface area contributed by atoms with E-state index in [0.717, 1.165) is 16.1 Å². The van der Waals surface area contributed by atoms with Crippen molar-refractivity contribution in [2.24, 2.45) is 11.8 Å². The molecule has 2 nitrogen and oxygen atoms in total. The second kappa shape index (κ2) is 5.40. The first-order valence-electron chi connectivity index (χ1n) is 6.18. The summed E-state index contributed by atoms with van der Waals surface area (Å²) in [5.74, 6) is 2.50. The number of hydrogen-bond donors (Lipinski definition) is 1. The largest absolute Gasteiger partial charge is 0.496 e. The van der Waals surface area contributed by atoms with Crippen LogP contribution in [-0.4, -0.2) is 14.2 Å². The first-order chi connectivity index (χ1) is 8.17. The lowest BCUT2D eigenvalue weighted by Crippen LogP contribution is -2.25. The summed E-state index contributed by atoms with van der Waals surface area (Å²) in [7, 11) is 3.77. The molecule has 0 bridgehead atoms. The van der Waals surface area contributed by atoms with Crippen molar-refractivity contribution in [2.45, 2.75) is 25.8 Å². The van der Waals surface area contributed by atoms with Gasteiger partial charge in [0.05, 0.1) is 7.11 Å². The lowest BCUT2D eigenvalue weighted by atomic mass is 9.90. The first-order valence-corrected chi connectivity index (χ1v) is 6.97. The van der Waals surface area contributed by atoms with Gasteiger partial charge in [0.25, 0.3) is 0 Å². The molecule has 2 rings (SSSR count). The zero-order chi connectivity index (χ0) is 12.4. The minimum absolute atomic E-state index is 0.370. The molecule has 2 atom stereocenters. The summed E-state index contributed by atoms with van der Waals surface area (Å²) in [6.45, 7) is 2.33. The van der Waals surface area contributed by atoms with E-state index in [4.69, 9.17) is 4.74 Å². The van der Waals surface area contributed by atoms with Crippen LogP contribution in [0.3, 0.4) is 0 Å². The predicted octanol–water partition coefficient (Wildman–Crippen LogP) is 3.76. The summed E-state index contributed by atoms with van der Waals surface area (Å²) in [6.07, 6.45) is 2.74. The van der Waals surface area contributed by atoms with Crippen LogP contribution in [0.25, 0.3) is 0 Å². The molecule has 0 amide bonds. The van der Waals surface area contributed by atoms with Gasteiger partial charge in [0.2, 0.25) is 0 Å². The smallest absolute Gasteiger partial charge is 0.123 e. The van der Waals surface area contributed by atoms with Crippen molar-refractivity contribution in [3.63, 3.8) is 0 Å². The summed E-state index contributed by atoms with van der Waals surface area (Å²) >= 11 is 3.54. The molecule has 2 unspecified atom stereocenters. The number of benzene rings is 1. The molecule has 94 valence electrons. The third-order valence-corrected chi connectivity index (χ3v) is 4.22. The van der Waals surface area contributed by atoms with Crippen LogP contribution in [0.1, 0.15) is 31.4 Å². The maximum absolute atomic E-state index is 5.47. The molecule has 0 saturated heterocycles. The topological polar surface area (TPSA) is 21.3 Å². The van der Waals surface area contributed by atoms with Crippen LogP contribution in [0.2, 0.25) is 0 Å². The van der Waals surface area contributed by atoms with Crippen LogP contribution in [0.4, 0.5) is 0 Å². The van der Waals surface area contributed by atoms with Crippen molar-refractivity contribution in [2.75, 3.05) is 14.2 Å². The Kier molecular flexibility index (Phi) is 4.10. The molecule has 1 aliphatic rings. The van der Waals surface area contributed by atoms with Crippen molar-refractivity contribution < 1.29 is 4.74 Å². The van der Waals surface area contributed by atoms with E-state index in [9.17, 15) is 0 Å². The Balaban J connectivity index is 2.30. The van der Waals surface area contributed by atoms with E-state index >= 15 is 0 Å². The Labute approximate surface area is 112 Å². The monoisotopic (exact) mass is 297 g/mol. The van der Waals surface area contributed by atoms with E-state index in [2.05, 4.69) is 34.2 Å². The summed E-state index contributed by atoms with van der Waals surface area (Å²) in [6, 6.07) is 6.59. The Hall–Kier alpha value is -0.540. The van der Waals surface area contributed by atoms with Crippen molar-refractivity contribution in [3.8, 4) is 5.75 Å². The highest BCUT2D eigenvalue weighted by Crippen LogP contribution is 2.44. The van der Waals surface area contributed by atoms with E-state index in [1.807, 2.05) is 19.2 Å². The van der Waals surface area contributed by atoms with Gasteiger partial charge in [-0.05, 0) is 49.9 Å². The van der Waals surface area contributed by atoms with Gasteiger partial charge in [-0.2, -0.15) is 0 Å². The molecular weight excluding hydrogens is 278 g/mol. The Morgan fingerprint density at radius 3 is 2.65 bits per heavy atom. The summed E-state index contributed by atoms with van der Waals surface area (Å²) < 4.78 is 6.58. The molecule has 1 N–H and O–H groups in total. The van der Waals surface area contributed by atoms with Gasteiger partial charge in [-0.15, -0.1) is 0 Å². The Morgan fingerprint density at radius 1 is 1.41 bits per heavy atom. The van der Waals surface area contributed by atoms with E-state index in [-0.39, 0.29) is 0 Å². The number of rotatable bonds is 5. The van der Waals surface area contributed by atoms with Gasteiger partial charge in [-0.1, -0.05) is 22.9 Å².